The highest BCUT2D eigenvalue weighted by molar-refractivity contribution is 5.27. The molecule has 0 aliphatic carbocycles. The van der Waals surface area contributed by atoms with Crippen LogP contribution in [0.25, 0.3) is 0 Å². The van der Waals surface area contributed by atoms with Crippen molar-refractivity contribution in [1.29, 1.82) is 0 Å². The molecule has 2 unspecified atom stereocenters. The van der Waals surface area contributed by atoms with Gasteiger partial charge in [0.1, 0.15) is 0 Å². The fraction of sp³-hybridized carbons (Fsp3) is 0.500. The van der Waals surface area contributed by atoms with Gasteiger partial charge in [-0.2, -0.15) is 0 Å². The van der Waals surface area contributed by atoms with Crippen molar-refractivity contribution in [3.05, 3.63) is 35.4 Å². The SMILES string of the molecule is CC(C)c1ccc(C(N)C(N)CO)cc1. The molecular weight excluding hydrogens is 188 g/mol. The van der Waals surface area contributed by atoms with Crippen molar-refractivity contribution < 1.29 is 5.11 Å². The smallest absolute Gasteiger partial charge is 0.0601 e. The molecule has 3 heteroatoms. The van der Waals surface area contributed by atoms with Crippen molar-refractivity contribution in [3.63, 3.8) is 0 Å². The lowest BCUT2D eigenvalue weighted by Crippen LogP contribution is -2.37. The molecule has 0 fully saturated rings. The Morgan fingerprint density at radius 3 is 1.93 bits per heavy atom. The molecule has 0 heterocycles. The molecule has 0 saturated heterocycles. The zero-order valence-corrected chi connectivity index (χ0v) is 9.35. The normalized spacial score (nSPS) is 15.3. The summed E-state index contributed by atoms with van der Waals surface area (Å²) in [7, 11) is 0. The van der Waals surface area contributed by atoms with E-state index in [1.807, 2.05) is 12.1 Å². The number of benzene rings is 1. The lowest BCUT2D eigenvalue weighted by atomic mass is 9.97. The molecule has 1 aromatic carbocycles. The van der Waals surface area contributed by atoms with Gasteiger partial charge in [-0.15, -0.1) is 0 Å². The first kappa shape index (κ1) is 12.2. The standard InChI is InChI=1S/C12H20N2O/c1-8(2)9-3-5-10(6-4-9)12(14)11(13)7-15/h3-6,8,11-12,15H,7,13-14H2,1-2H3. The van der Waals surface area contributed by atoms with E-state index in [1.165, 1.54) is 5.56 Å². The minimum atomic E-state index is -0.394. The van der Waals surface area contributed by atoms with Crippen molar-refractivity contribution in [2.45, 2.75) is 31.8 Å². The number of nitrogens with two attached hydrogens (primary N) is 2. The highest BCUT2D eigenvalue weighted by Gasteiger charge is 2.14. The van der Waals surface area contributed by atoms with Gasteiger partial charge in [0.25, 0.3) is 0 Å². The van der Waals surface area contributed by atoms with Crippen molar-refractivity contribution in [2.75, 3.05) is 6.61 Å². The molecule has 0 bridgehead atoms. The third kappa shape index (κ3) is 3.02. The molecular formula is C12H20N2O. The molecule has 84 valence electrons. The Bertz CT molecular complexity index is 295. The van der Waals surface area contributed by atoms with Crippen LogP contribution in [0, 0.1) is 0 Å². The number of aliphatic hydroxyl groups excluding tert-OH is 1. The Labute approximate surface area is 91.1 Å². The van der Waals surface area contributed by atoms with E-state index in [2.05, 4.69) is 26.0 Å². The third-order valence-electron chi connectivity index (χ3n) is 2.66. The maximum atomic E-state index is 8.90. The van der Waals surface area contributed by atoms with Gasteiger partial charge in [-0.25, -0.2) is 0 Å². The fourth-order valence-electron chi connectivity index (χ4n) is 1.46. The first-order valence-corrected chi connectivity index (χ1v) is 5.28. The molecule has 0 aromatic heterocycles. The minimum Gasteiger partial charge on any atom is -0.395 e. The summed E-state index contributed by atoms with van der Waals surface area (Å²) in [6, 6.07) is 7.39. The Balaban J connectivity index is 2.79. The van der Waals surface area contributed by atoms with Crippen LogP contribution in [0.2, 0.25) is 0 Å². The van der Waals surface area contributed by atoms with E-state index >= 15 is 0 Å². The van der Waals surface area contributed by atoms with Crippen molar-refractivity contribution in [3.8, 4) is 0 Å². The van der Waals surface area contributed by atoms with Gasteiger partial charge < -0.3 is 16.6 Å². The third-order valence-corrected chi connectivity index (χ3v) is 2.66. The lowest BCUT2D eigenvalue weighted by Gasteiger charge is -2.18. The Morgan fingerprint density at radius 1 is 1.07 bits per heavy atom. The number of hydrogen-bond acceptors (Lipinski definition) is 3. The Kier molecular flexibility index (Phi) is 4.27. The Morgan fingerprint density at radius 2 is 1.53 bits per heavy atom. The number of rotatable bonds is 4. The summed E-state index contributed by atoms with van der Waals surface area (Å²) in [6.07, 6.45) is 0. The summed E-state index contributed by atoms with van der Waals surface area (Å²) in [5.41, 5.74) is 13.8. The molecule has 3 nitrogen and oxygen atoms in total. The maximum absolute atomic E-state index is 8.90. The van der Waals surface area contributed by atoms with Crippen molar-refractivity contribution in [2.24, 2.45) is 11.5 Å². The highest BCUT2D eigenvalue weighted by Crippen LogP contribution is 2.18. The van der Waals surface area contributed by atoms with E-state index in [-0.39, 0.29) is 12.6 Å². The van der Waals surface area contributed by atoms with E-state index in [9.17, 15) is 0 Å². The molecule has 1 rings (SSSR count). The molecule has 0 radical (unpaired) electrons. The van der Waals surface area contributed by atoms with Crippen LogP contribution >= 0.6 is 0 Å². The van der Waals surface area contributed by atoms with Crippen LogP contribution < -0.4 is 11.5 Å². The first-order chi connectivity index (χ1) is 7.06. The van der Waals surface area contributed by atoms with Gasteiger partial charge in [-0.05, 0) is 17.0 Å². The van der Waals surface area contributed by atoms with Crippen LogP contribution in [-0.2, 0) is 0 Å². The van der Waals surface area contributed by atoms with E-state index in [0.717, 1.165) is 5.56 Å². The van der Waals surface area contributed by atoms with Gasteiger partial charge >= 0.3 is 0 Å². The van der Waals surface area contributed by atoms with Crippen LogP contribution in [0.4, 0.5) is 0 Å². The summed E-state index contributed by atoms with van der Waals surface area (Å²) >= 11 is 0. The fourth-order valence-corrected chi connectivity index (χ4v) is 1.46. The molecule has 1 aromatic rings. The molecule has 0 saturated carbocycles. The zero-order chi connectivity index (χ0) is 11.4. The molecule has 0 amide bonds. The average Bonchev–Trinajstić information content (AvgIpc) is 2.27. The molecule has 0 aliphatic rings. The monoisotopic (exact) mass is 208 g/mol. The van der Waals surface area contributed by atoms with Gasteiger partial charge in [-0.3, -0.25) is 0 Å². The van der Waals surface area contributed by atoms with Crippen LogP contribution in [-0.4, -0.2) is 17.8 Å². The van der Waals surface area contributed by atoms with Crippen LogP contribution in [0.1, 0.15) is 36.9 Å². The summed E-state index contributed by atoms with van der Waals surface area (Å²) in [5, 5.41) is 8.90. The highest BCUT2D eigenvalue weighted by atomic mass is 16.3. The molecule has 15 heavy (non-hydrogen) atoms. The summed E-state index contributed by atoms with van der Waals surface area (Å²) in [6.45, 7) is 4.20. The zero-order valence-electron chi connectivity index (χ0n) is 9.35. The quantitative estimate of drug-likeness (QED) is 0.694. The van der Waals surface area contributed by atoms with E-state index in [1.54, 1.807) is 0 Å². The van der Waals surface area contributed by atoms with Crippen molar-refractivity contribution in [1.82, 2.24) is 0 Å². The molecule has 0 spiro atoms. The number of aliphatic hydroxyl groups is 1. The second kappa shape index (κ2) is 5.26. The second-order valence-corrected chi connectivity index (χ2v) is 4.19. The molecule has 0 aliphatic heterocycles. The Hall–Kier alpha value is -0.900. The minimum absolute atomic E-state index is 0.0902. The van der Waals surface area contributed by atoms with Gasteiger partial charge in [0.05, 0.1) is 6.61 Å². The first-order valence-electron chi connectivity index (χ1n) is 5.28. The second-order valence-electron chi connectivity index (χ2n) is 4.19. The van der Waals surface area contributed by atoms with E-state index in [4.69, 9.17) is 16.6 Å². The van der Waals surface area contributed by atoms with E-state index < -0.39 is 6.04 Å². The maximum Gasteiger partial charge on any atom is 0.0601 e. The predicted molar refractivity (Wildman–Crippen MR) is 62.5 cm³/mol. The molecule has 5 N–H and O–H groups in total. The summed E-state index contributed by atoms with van der Waals surface area (Å²) in [5.74, 6) is 0.516. The average molecular weight is 208 g/mol. The largest absolute Gasteiger partial charge is 0.395 e. The lowest BCUT2D eigenvalue weighted by molar-refractivity contribution is 0.250. The topological polar surface area (TPSA) is 72.3 Å². The van der Waals surface area contributed by atoms with Crippen molar-refractivity contribution >= 4 is 0 Å². The van der Waals surface area contributed by atoms with Gasteiger partial charge in [0, 0.05) is 12.1 Å². The molecule has 2 atom stereocenters. The van der Waals surface area contributed by atoms with Crippen LogP contribution in [0.15, 0.2) is 24.3 Å². The van der Waals surface area contributed by atoms with E-state index in [0.29, 0.717) is 5.92 Å². The van der Waals surface area contributed by atoms with Gasteiger partial charge in [0.2, 0.25) is 0 Å². The summed E-state index contributed by atoms with van der Waals surface area (Å²) < 4.78 is 0. The van der Waals surface area contributed by atoms with Crippen LogP contribution in [0.3, 0.4) is 0 Å². The van der Waals surface area contributed by atoms with Gasteiger partial charge in [0.15, 0.2) is 0 Å². The van der Waals surface area contributed by atoms with Gasteiger partial charge in [-0.1, -0.05) is 38.1 Å². The number of hydrogen-bond donors (Lipinski definition) is 3. The predicted octanol–water partition coefficient (Wildman–Crippen LogP) is 1.13. The van der Waals surface area contributed by atoms with Crippen LogP contribution in [0.5, 0.6) is 0 Å². The summed E-state index contributed by atoms with van der Waals surface area (Å²) in [4.78, 5) is 0.